The molecular formula is C17H20BrNO. The summed E-state index contributed by atoms with van der Waals surface area (Å²) in [4.78, 5) is 2.20. The molecule has 0 heterocycles. The highest BCUT2D eigenvalue weighted by molar-refractivity contribution is 9.10. The highest BCUT2D eigenvalue weighted by Gasteiger charge is 2.15. The van der Waals surface area contributed by atoms with Gasteiger partial charge in [-0.1, -0.05) is 64.5 Å². The maximum atomic E-state index is 9.65. The van der Waals surface area contributed by atoms with E-state index in [1.165, 1.54) is 11.1 Å². The molecule has 106 valence electrons. The zero-order chi connectivity index (χ0) is 14.4. The van der Waals surface area contributed by atoms with Gasteiger partial charge in [0.25, 0.3) is 0 Å². The van der Waals surface area contributed by atoms with E-state index < -0.39 is 0 Å². The van der Waals surface area contributed by atoms with Gasteiger partial charge >= 0.3 is 0 Å². The summed E-state index contributed by atoms with van der Waals surface area (Å²) in [7, 11) is 2.06. The minimum Gasteiger partial charge on any atom is -0.395 e. The van der Waals surface area contributed by atoms with E-state index in [0.717, 1.165) is 17.4 Å². The van der Waals surface area contributed by atoms with Crippen LogP contribution in [0.15, 0.2) is 59.1 Å². The summed E-state index contributed by atoms with van der Waals surface area (Å²) >= 11 is 3.57. The van der Waals surface area contributed by atoms with Gasteiger partial charge < -0.3 is 5.11 Å². The predicted octanol–water partition coefficient (Wildman–Crippen LogP) is 3.48. The third kappa shape index (κ3) is 4.17. The molecule has 2 nitrogen and oxygen atoms in total. The molecule has 0 radical (unpaired) electrons. The van der Waals surface area contributed by atoms with Crippen LogP contribution in [0.3, 0.4) is 0 Å². The lowest BCUT2D eigenvalue weighted by molar-refractivity contribution is 0.141. The van der Waals surface area contributed by atoms with Crippen LogP contribution in [0.1, 0.15) is 11.1 Å². The molecule has 2 rings (SSSR count). The third-order valence-corrected chi connectivity index (χ3v) is 4.30. The lowest BCUT2D eigenvalue weighted by Gasteiger charge is -2.27. The number of hydrogen-bond donors (Lipinski definition) is 1. The second-order valence-corrected chi connectivity index (χ2v) is 5.89. The average molecular weight is 334 g/mol. The lowest BCUT2D eigenvalue weighted by Crippen LogP contribution is -2.36. The number of halogens is 1. The van der Waals surface area contributed by atoms with Crippen LogP contribution in [0.5, 0.6) is 0 Å². The Bertz CT molecular complexity index is 530. The molecule has 0 spiro atoms. The topological polar surface area (TPSA) is 23.5 Å². The Balaban J connectivity index is 2.02. The predicted molar refractivity (Wildman–Crippen MR) is 86.6 cm³/mol. The van der Waals surface area contributed by atoms with Gasteiger partial charge in [-0.2, -0.15) is 0 Å². The Labute approximate surface area is 129 Å². The summed E-state index contributed by atoms with van der Waals surface area (Å²) in [5, 5.41) is 9.65. The standard InChI is InChI=1S/C17H20BrNO/c1-19(12-15-9-5-6-10-17(15)18)16(13-20)11-14-7-3-2-4-8-14/h2-10,16,20H,11-13H2,1H3. The summed E-state index contributed by atoms with van der Waals surface area (Å²) in [5.74, 6) is 0. The van der Waals surface area contributed by atoms with E-state index >= 15 is 0 Å². The summed E-state index contributed by atoms with van der Waals surface area (Å²) in [5.41, 5.74) is 2.49. The second kappa shape index (κ2) is 7.58. The Morgan fingerprint density at radius 1 is 1.05 bits per heavy atom. The van der Waals surface area contributed by atoms with Gasteiger partial charge in [0.1, 0.15) is 0 Å². The monoisotopic (exact) mass is 333 g/mol. The molecule has 0 fully saturated rings. The molecule has 0 aromatic heterocycles. The average Bonchev–Trinajstić information content (AvgIpc) is 2.48. The van der Waals surface area contributed by atoms with Crippen molar-refractivity contribution in [3.63, 3.8) is 0 Å². The van der Waals surface area contributed by atoms with Gasteiger partial charge in [0, 0.05) is 17.1 Å². The zero-order valence-electron chi connectivity index (χ0n) is 11.7. The fraction of sp³-hybridized carbons (Fsp3) is 0.294. The van der Waals surface area contributed by atoms with E-state index in [0.29, 0.717) is 0 Å². The van der Waals surface area contributed by atoms with E-state index in [1.807, 2.05) is 36.4 Å². The van der Waals surface area contributed by atoms with Gasteiger partial charge in [0.15, 0.2) is 0 Å². The Kier molecular flexibility index (Phi) is 5.77. The highest BCUT2D eigenvalue weighted by atomic mass is 79.9. The van der Waals surface area contributed by atoms with Gasteiger partial charge in [-0.25, -0.2) is 0 Å². The van der Waals surface area contributed by atoms with Crippen LogP contribution >= 0.6 is 15.9 Å². The molecule has 1 unspecified atom stereocenters. The second-order valence-electron chi connectivity index (χ2n) is 5.03. The van der Waals surface area contributed by atoms with Crippen molar-refractivity contribution < 1.29 is 5.11 Å². The highest BCUT2D eigenvalue weighted by Crippen LogP contribution is 2.19. The summed E-state index contributed by atoms with van der Waals surface area (Å²) in [6.45, 7) is 0.981. The van der Waals surface area contributed by atoms with Crippen molar-refractivity contribution in [2.75, 3.05) is 13.7 Å². The van der Waals surface area contributed by atoms with Crippen molar-refractivity contribution in [2.45, 2.75) is 19.0 Å². The van der Waals surface area contributed by atoms with Gasteiger partial charge in [-0.15, -0.1) is 0 Å². The summed E-state index contributed by atoms with van der Waals surface area (Å²) < 4.78 is 1.11. The number of likely N-dealkylation sites (N-methyl/N-ethyl adjacent to an activating group) is 1. The summed E-state index contributed by atoms with van der Waals surface area (Å²) in [6.07, 6.45) is 0.859. The molecule has 0 bridgehead atoms. The Morgan fingerprint density at radius 2 is 1.70 bits per heavy atom. The van der Waals surface area contributed by atoms with Crippen LogP contribution in [0.25, 0.3) is 0 Å². The van der Waals surface area contributed by atoms with Gasteiger partial charge in [-0.05, 0) is 30.7 Å². The van der Waals surface area contributed by atoms with E-state index in [-0.39, 0.29) is 12.6 Å². The molecule has 3 heteroatoms. The van der Waals surface area contributed by atoms with Crippen molar-refractivity contribution in [1.82, 2.24) is 4.90 Å². The molecule has 0 amide bonds. The molecule has 1 N–H and O–H groups in total. The first-order valence-electron chi connectivity index (χ1n) is 6.79. The maximum absolute atomic E-state index is 9.65. The smallest absolute Gasteiger partial charge is 0.0590 e. The molecule has 20 heavy (non-hydrogen) atoms. The van der Waals surface area contributed by atoms with Crippen LogP contribution in [0.2, 0.25) is 0 Å². The van der Waals surface area contributed by atoms with Crippen LogP contribution in [0, 0.1) is 0 Å². The minimum absolute atomic E-state index is 0.129. The van der Waals surface area contributed by atoms with Crippen molar-refractivity contribution >= 4 is 15.9 Å². The van der Waals surface area contributed by atoms with Gasteiger partial charge in [-0.3, -0.25) is 4.90 Å². The van der Waals surface area contributed by atoms with Gasteiger partial charge in [0.05, 0.1) is 6.61 Å². The molecule has 0 saturated heterocycles. The molecule has 0 saturated carbocycles. The van der Waals surface area contributed by atoms with Crippen LogP contribution in [-0.2, 0) is 13.0 Å². The number of benzene rings is 2. The number of nitrogens with zero attached hydrogens (tertiary/aromatic N) is 1. The number of rotatable bonds is 6. The van der Waals surface area contributed by atoms with Crippen molar-refractivity contribution in [3.8, 4) is 0 Å². The van der Waals surface area contributed by atoms with E-state index in [9.17, 15) is 5.11 Å². The molecule has 0 aliphatic rings. The van der Waals surface area contributed by atoms with E-state index in [1.54, 1.807) is 0 Å². The first kappa shape index (κ1) is 15.2. The summed E-state index contributed by atoms with van der Waals surface area (Å²) in [6, 6.07) is 18.7. The van der Waals surface area contributed by atoms with E-state index in [4.69, 9.17) is 0 Å². The number of aliphatic hydroxyl groups excluding tert-OH is 1. The van der Waals surface area contributed by atoms with Crippen molar-refractivity contribution in [1.29, 1.82) is 0 Å². The lowest BCUT2D eigenvalue weighted by atomic mass is 10.0. The van der Waals surface area contributed by atoms with Crippen LogP contribution in [0.4, 0.5) is 0 Å². The third-order valence-electron chi connectivity index (χ3n) is 3.53. The van der Waals surface area contributed by atoms with Crippen LogP contribution in [-0.4, -0.2) is 29.7 Å². The largest absolute Gasteiger partial charge is 0.395 e. The Morgan fingerprint density at radius 3 is 2.35 bits per heavy atom. The fourth-order valence-electron chi connectivity index (χ4n) is 2.27. The normalized spacial score (nSPS) is 12.6. The molecule has 2 aromatic rings. The minimum atomic E-state index is 0.129. The quantitative estimate of drug-likeness (QED) is 0.874. The Hall–Kier alpha value is -1.16. The van der Waals surface area contributed by atoms with Crippen molar-refractivity contribution in [3.05, 3.63) is 70.2 Å². The first-order valence-corrected chi connectivity index (χ1v) is 7.58. The van der Waals surface area contributed by atoms with Gasteiger partial charge in [0.2, 0.25) is 0 Å². The fourth-order valence-corrected chi connectivity index (χ4v) is 2.68. The van der Waals surface area contributed by atoms with Crippen LogP contribution < -0.4 is 0 Å². The SMILES string of the molecule is CN(Cc1ccccc1Br)C(CO)Cc1ccccc1. The van der Waals surface area contributed by atoms with E-state index in [2.05, 4.69) is 46.1 Å². The first-order chi connectivity index (χ1) is 9.70. The molecule has 0 aliphatic carbocycles. The molecular weight excluding hydrogens is 314 g/mol. The number of hydrogen-bond acceptors (Lipinski definition) is 2. The molecule has 0 aliphatic heterocycles. The maximum Gasteiger partial charge on any atom is 0.0590 e. The number of aliphatic hydroxyl groups is 1. The molecule has 2 aromatic carbocycles. The van der Waals surface area contributed by atoms with Crippen molar-refractivity contribution in [2.24, 2.45) is 0 Å². The zero-order valence-corrected chi connectivity index (χ0v) is 13.3. The molecule has 1 atom stereocenters.